The first-order chi connectivity index (χ1) is 15.2. The second kappa shape index (κ2) is 10.6. The number of hydrazine groups is 1. The summed E-state index contributed by atoms with van der Waals surface area (Å²) in [6.07, 6.45) is 1.73. The summed E-state index contributed by atoms with van der Waals surface area (Å²) in [7, 11) is 0. The zero-order valence-corrected chi connectivity index (χ0v) is 19.9. The molecule has 8 nitrogen and oxygen atoms in total. The van der Waals surface area contributed by atoms with E-state index in [-0.39, 0.29) is 23.0 Å². The van der Waals surface area contributed by atoms with E-state index in [2.05, 4.69) is 37.4 Å². The Kier molecular flexibility index (Phi) is 7.81. The van der Waals surface area contributed by atoms with Crippen molar-refractivity contribution in [1.29, 1.82) is 0 Å². The number of anilines is 1. The molecule has 0 spiro atoms. The van der Waals surface area contributed by atoms with Crippen LogP contribution in [0.15, 0.2) is 46.9 Å². The van der Waals surface area contributed by atoms with Crippen LogP contribution >= 0.6 is 28.1 Å². The summed E-state index contributed by atoms with van der Waals surface area (Å²) < 4.78 is 6.38. The summed E-state index contributed by atoms with van der Waals surface area (Å²) in [5.41, 5.74) is 6.22. The number of rotatable bonds is 6. The van der Waals surface area contributed by atoms with E-state index in [0.29, 0.717) is 27.0 Å². The molecule has 0 unspecified atom stereocenters. The van der Waals surface area contributed by atoms with Gasteiger partial charge in [-0.15, -0.1) is 0 Å². The van der Waals surface area contributed by atoms with Gasteiger partial charge in [-0.05, 0) is 81.4 Å². The van der Waals surface area contributed by atoms with E-state index < -0.39 is 11.8 Å². The minimum atomic E-state index is -0.482. The van der Waals surface area contributed by atoms with Gasteiger partial charge in [-0.3, -0.25) is 30.6 Å². The van der Waals surface area contributed by atoms with Crippen LogP contribution in [0.25, 0.3) is 0 Å². The molecule has 0 heterocycles. The Hall–Kier alpha value is -2.98. The highest BCUT2D eigenvalue weighted by molar-refractivity contribution is 9.10. The quantitative estimate of drug-likeness (QED) is 0.344. The summed E-state index contributed by atoms with van der Waals surface area (Å²) in [4.78, 5) is 36.7. The molecule has 1 aliphatic carbocycles. The summed E-state index contributed by atoms with van der Waals surface area (Å²) >= 11 is 8.44. The van der Waals surface area contributed by atoms with Crippen molar-refractivity contribution in [3.8, 4) is 5.75 Å². The average molecular weight is 519 g/mol. The number of ether oxygens (including phenoxy) is 1. The minimum Gasteiger partial charge on any atom is -0.490 e. The van der Waals surface area contributed by atoms with E-state index in [4.69, 9.17) is 17.0 Å². The lowest BCUT2D eigenvalue weighted by molar-refractivity contribution is -0.117. The first-order valence-electron chi connectivity index (χ1n) is 10.0. The normalized spacial score (nSPS) is 12.6. The molecule has 3 rings (SSSR count). The molecule has 0 bridgehead atoms. The van der Waals surface area contributed by atoms with Crippen molar-refractivity contribution in [2.45, 2.75) is 32.8 Å². The lowest BCUT2D eigenvalue weighted by Gasteiger charge is -2.15. The van der Waals surface area contributed by atoms with Gasteiger partial charge < -0.3 is 10.1 Å². The van der Waals surface area contributed by atoms with Crippen LogP contribution in [-0.2, 0) is 4.79 Å². The summed E-state index contributed by atoms with van der Waals surface area (Å²) in [5, 5.41) is 5.24. The van der Waals surface area contributed by atoms with Gasteiger partial charge >= 0.3 is 0 Å². The zero-order chi connectivity index (χ0) is 23.3. The molecule has 10 heteroatoms. The molecule has 168 valence electrons. The lowest BCUT2D eigenvalue weighted by Crippen LogP contribution is -2.48. The Balaban J connectivity index is 1.52. The fraction of sp³-hybridized carbons (Fsp3) is 0.273. The van der Waals surface area contributed by atoms with E-state index in [1.807, 2.05) is 13.8 Å². The Labute approximate surface area is 199 Å². The van der Waals surface area contributed by atoms with Crippen molar-refractivity contribution in [2.75, 3.05) is 5.32 Å². The van der Waals surface area contributed by atoms with Gasteiger partial charge in [0.1, 0.15) is 5.75 Å². The molecular formula is C22H23BrN4O4S. The van der Waals surface area contributed by atoms with Gasteiger partial charge in [0, 0.05) is 21.6 Å². The van der Waals surface area contributed by atoms with E-state index in [0.717, 1.165) is 12.8 Å². The van der Waals surface area contributed by atoms with Crippen LogP contribution in [0.2, 0.25) is 0 Å². The highest BCUT2D eigenvalue weighted by Crippen LogP contribution is 2.30. The first-order valence-corrected chi connectivity index (χ1v) is 11.2. The molecule has 0 saturated heterocycles. The number of carbonyl (C=O) groups is 3. The van der Waals surface area contributed by atoms with Crippen LogP contribution in [-0.4, -0.2) is 28.9 Å². The van der Waals surface area contributed by atoms with Crippen LogP contribution in [0.3, 0.4) is 0 Å². The zero-order valence-electron chi connectivity index (χ0n) is 17.5. The highest BCUT2D eigenvalue weighted by Gasteiger charge is 2.29. The van der Waals surface area contributed by atoms with Gasteiger partial charge in [0.05, 0.1) is 11.7 Å². The van der Waals surface area contributed by atoms with Crippen molar-refractivity contribution in [2.24, 2.45) is 5.92 Å². The van der Waals surface area contributed by atoms with Crippen LogP contribution < -0.4 is 26.2 Å². The number of benzene rings is 2. The SMILES string of the molecule is CC(C)Oc1ccc(Br)cc1C(=O)NC(=S)NNC(=O)c1ccc(NC(=O)C2CC2)cc1. The summed E-state index contributed by atoms with van der Waals surface area (Å²) in [6, 6.07) is 11.5. The van der Waals surface area contributed by atoms with Crippen LogP contribution in [0, 0.1) is 5.92 Å². The van der Waals surface area contributed by atoms with Gasteiger partial charge in [0.25, 0.3) is 11.8 Å². The fourth-order valence-electron chi connectivity index (χ4n) is 2.72. The third-order valence-electron chi connectivity index (χ3n) is 4.43. The highest BCUT2D eigenvalue weighted by atomic mass is 79.9. The maximum Gasteiger partial charge on any atom is 0.269 e. The van der Waals surface area contributed by atoms with Crippen LogP contribution in [0.4, 0.5) is 5.69 Å². The lowest BCUT2D eigenvalue weighted by atomic mass is 10.2. The standard InChI is InChI=1S/C22H23BrN4O4S/c1-12(2)31-18-10-7-15(23)11-17(18)21(30)25-22(32)27-26-20(29)14-5-8-16(9-6-14)24-19(28)13-3-4-13/h5-13H,3-4H2,1-2H3,(H,24,28)(H,26,29)(H2,25,27,30,32). The molecule has 4 N–H and O–H groups in total. The van der Waals surface area contributed by atoms with Crippen molar-refractivity contribution in [3.05, 3.63) is 58.1 Å². The minimum absolute atomic E-state index is 0.00245. The van der Waals surface area contributed by atoms with E-state index in [1.165, 1.54) is 0 Å². The largest absolute Gasteiger partial charge is 0.490 e. The smallest absolute Gasteiger partial charge is 0.269 e. The van der Waals surface area contributed by atoms with E-state index >= 15 is 0 Å². The van der Waals surface area contributed by atoms with Gasteiger partial charge in [0.15, 0.2) is 5.11 Å². The molecule has 0 aliphatic heterocycles. The topological polar surface area (TPSA) is 109 Å². The molecule has 2 aromatic rings. The molecule has 0 aromatic heterocycles. The third-order valence-corrected chi connectivity index (χ3v) is 5.13. The summed E-state index contributed by atoms with van der Waals surface area (Å²) in [5.74, 6) is -0.417. The second-order valence-corrected chi connectivity index (χ2v) is 8.83. The Morgan fingerprint density at radius 2 is 1.72 bits per heavy atom. The maximum absolute atomic E-state index is 12.6. The number of carbonyl (C=O) groups excluding carboxylic acids is 3. The van der Waals surface area contributed by atoms with Crippen molar-refractivity contribution < 1.29 is 19.1 Å². The number of nitrogens with one attached hydrogen (secondary N) is 4. The fourth-order valence-corrected chi connectivity index (χ4v) is 3.22. The van der Waals surface area contributed by atoms with Crippen LogP contribution in [0.1, 0.15) is 47.4 Å². The third kappa shape index (κ3) is 6.76. The summed E-state index contributed by atoms with van der Waals surface area (Å²) in [6.45, 7) is 3.72. The van der Waals surface area contributed by atoms with E-state index in [9.17, 15) is 14.4 Å². The molecule has 3 amide bonds. The monoisotopic (exact) mass is 518 g/mol. The maximum atomic E-state index is 12.6. The first kappa shape index (κ1) is 23.7. The molecule has 0 radical (unpaired) electrons. The Morgan fingerprint density at radius 3 is 2.34 bits per heavy atom. The van der Waals surface area contributed by atoms with Crippen molar-refractivity contribution >= 4 is 56.7 Å². The van der Waals surface area contributed by atoms with Gasteiger partial charge in [-0.2, -0.15) is 0 Å². The molecule has 2 aromatic carbocycles. The number of amides is 3. The molecular weight excluding hydrogens is 496 g/mol. The van der Waals surface area contributed by atoms with Crippen molar-refractivity contribution in [1.82, 2.24) is 16.2 Å². The van der Waals surface area contributed by atoms with Gasteiger partial charge in [-0.25, -0.2) is 0 Å². The molecule has 0 atom stereocenters. The number of hydrogen-bond acceptors (Lipinski definition) is 5. The second-order valence-electron chi connectivity index (χ2n) is 7.51. The van der Waals surface area contributed by atoms with E-state index in [1.54, 1.807) is 42.5 Å². The molecule has 1 aliphatic rings. The average Bonchev–Trinajstić information content (AvgIpc) is 3.59. The number of thiocarbonyl (C=S) groups is 1. The van der Waals surface area contributed by atoms with Crippen LogP contribution in [0.5, 0.6) is 5.75 Å². The number of hydrogen-bond donors (Lipinski definition) is 4. The Morgan fingerprint density at radius 1 is 1.03 bits per heavy atom. The molecule has 32 heavy (non-hydrogen) atoms. The van der Waals surface area contributed by atoms with Crippen molar-refractivity contribution in [3.63, 3.8) is 0 Å². The number of halogens is 1. The Bertz CT molecular complexity index is 1040. The molecule has 1 saturated carbocycles. The van der Waals surface area contributed by atoms with Gasteiger partial charge in [0.2, 0.25) is 5.91 Å². The van der Waals surface area contributed by atoms with Gasteiger partial charge in [-0.1, -0.05) is 15.9 Å². The predicted octanol–water partition coefficient (Wildman–Crippen LogP) is 3.53. The molecule has 1 fully saturated rings. The predicted molar refractivity (Wildman–Crippen MR) is 128 cm³/mol.